The highest BCUT2D eigenvalue weighted by atomic mass is 16.3. The summed E-state index contributed by atoms with van der Waals surface area (Å²) in [5, 5.41) is 8.55. The third-order valence-electron chi connectivity index (χ3n) is 1.92. The van der Waals surface area contributed by atoms with Gasteiger partial charge in [-0.15, -0.1) is 0 Å². The van der Waals surface area contributed by atoms with Crippen LogP contribution in [0.25, 0.3) is 0 Å². The first-order valence-corrected chi connectivity index (χ1v) is 3.17. The molecule has 0 unspecified atom stereocenters. The van der Waals surface area contributed by atoms with Gasteiger partial charge in [0.2, 0.25) is 0 Å². The Bertz CT molecular complexity index is 127. The average molecular weight is 128 g/mol. The number of nitrogens with two attached hydrogens (primary N) is 1. The molecule has 0 radical (unpaired) electrons. The molecule has 1 saturated carbocycles. The lowest BCUT2D eigenvalue weighted by Gasteiger charge is -2.15. The Kier molecular flexibility index (Phi) is 1.45. The Morgan fingerprint density at radius 2 is 1.89 bits per heavy atom. The van der Waals surface area contributed by atoms with Crippen molar-refractivity contribution in [3.8, 4) is 0 Å². The van der Waals surface area contributed by atoms with Gasteiger partial charge in [0.15, 0.2) is 0 Å². The van der Waals surface area contributed by atoms with E-state index in [1.807, 2.05) is 0 Å². The maximum atomic E-state index is 10.4. The van der Waals surface area contributed by atoms with Crippen LogP contribution in [0.15, 0.2) is 0 Å². The molecule has 9 heavy (non-hydrogen) atoms. The molecule has 3 nitrogen and oxygen atoms in total. The van der Waals surface area contributed by atoms with Crippen molar-refractivity contribution < 1.29 is 9.90 Å². The van der Waals surface area contributed by atoms with Crippen LogP contribution in [-0.4, -0.2) is 16.6 Å². The van der Waals surface area contributed by atoms with Crippen molar-refractivity contribution in [3.63, 3.8) is 0 Å². The fraction of sp³-hybridized carbons (Fsp3) is 0.833. The first kappa shape index (κ1) is 6.55. The summed E-state index contributed by atoms with van der Waals surface area (Å²) in [5.74, 6) is -0.847. The quantitative estimate of drug-likeness (QED) is 0.535. The van der Waals surface area contributed by atoms with Gasteiger partial charge in [-0.3, -0.25) is 4.79 Å². The molecule has 1 fully saturated rings. The molecular weight excluding hydrogens is 117 g/mol. The number of hydrogen-bond donors (Lipinski definition) is 2. The monoisotopic (exact) mass is 128 g/mol. The van der Waals surface area contributed by atoms with Crippen molar-refractivity contribution in [2.75, 3.05) is 0 Å². The number of carbonyl (C=O) groups is 1. The van der Waals surface area contributed by atoms with Crippen LogP contribution in [0.5, 0.6) is 0 Å². The summed E-state index contributed by atoms with van der Waals surface area (Å²) < 4.78 is 0. The normalized spacial score (nSPS) is 24.1. The molecule has 1 aliphatic rings. The van der Waals surface area contributed by atoms with Gasteiger partial charge in [0.1, 0.15) is 5.54 Å². The molecule has 0 spiro atoms. The smallest absolute Gasteiger partial charge is 0.323 e. The Hall–Kier alpha value is -0.570. The molecule has 1 rings (SSSR count). The zero-order chi connectivity index (χ0) is 6.91. The first-order valence-electron chi connectivity index (χ1n) is 3.17. The standard InChI is InChI=1S/C6H11NO2/c7-6(5(8)9)3-1-2-4-6/h1-4,7H2,(H,8,9)/i5-1. The van der Waals surface area contributed by atoms with Gasteiger partial charge in [-0.1, -0.05) is 12.8 Å². The van der Waals surface area contributed by atoms with Crippen LogP contribution in [0, 0.1) is 0 Å². The Morgan fingerprint density at radius 3 is 2.11 bits per heavy atom. The Balaban J connectivity index is 2.61. The summed E-state index contributed by atoms with van der Waals surface area (Å²) in [7, 11) is 0. The van der Waals surface area contributed by atoms with Gasteiger partial charge in [-0.2, -0.15) is 0 Å². The van der Waals surface area contributed by atoms with E-state index in [0.29, 0.717) is 12.8 Å². The molecule has 0 aliphatic heterocycles. The van der Waals surface area contributed by atoms with E-state index >= 15 is 0 Å². The third kappa shape index (κ3) is 1.05. The predicted octanol–water partition coefficient (Wildman–Crippen LogP) is 0.342. The minimum absolute atomic E-state index is 0.641. The zero-order valence-corrected chi connectivity index (χ0v) is 5.26. The van der Waals surface area contributed by atoms with Gasteiger partial charge in [0, 0.05) is 0 Å². The number of carboxylic acid groups (broad SMARTS) is 1. The molecule has 0 amide bonds. The second-order valence-corrected chi connectivity index (χ2v) is 2.67. The fourth-order valence-corrected chi connectivity index (χ4v) is 1.22. The molecule has 0 atom stereocenters. The van der Waals surface area contributed by atoms with Crippen molar-refractivity contribution in [1.82, 2.24) is 0 Å². The molecule has 3 heteroatoms. The van der Waals surface area contributed by atoms with Gasteiger partial charge in [0.05, 0.1) is 0 Å². The maximum absolute atomic E-state index is 10.4. The minimum Gasteiger partial charge on any atom is -0.480 e. The van der Waals surface area contributed by atoms with Crippen LogP contribution in [0.3, 0.4) is 0 Å². The Morgan fingerprint density at radius 1 is 1.44 bits per heavy atom. The van der Waals surface area contributed by atoms with Gasteiger partial charge in [-0.25, -0.2) is 0 Å². The molecule has 1 aliphatic carbocycles. The number of rotatable bonds is 1. The van der Waals surface area contributed by atoms with E-state index in [1.54, 1.807) is 0 Å². The van der Waals surface area contributed by atoms with Crippen molar-refractivity contribution in [1.29, 1.82) is 0 Å². The van der Waals surface area contributed by atoms with Crippen LogP contribution in [0.1, 0.15) is 25.7 Å². The summed E-state index contributed by atoms with van der Waals surface area (Å²) in [6.07, 6.45) is 3.20. The highest BCUT2D eigenvalue weighted by Gasteiger charge is 2.36. The average Bonchev–Trinajstić information content (AvgIpc) is 2.16. The molecule has 0 heterocycles. The van der Waals surface area contributed by atoms with Crippen LogP contribution >= 0.6 is 0 Å². The first-order chi connectivity index (χ1) is 4.15. The molecular formula is C6H11NO2. The molecule has 52 valence electrons. The lowest BCUT2D eigenvalue weighted by molar-refractivity contribution is -0.143. The van der Waals surface area contributed by atoms with E-state index in [1.165, 1.54) is 0 Å². The molecule has 0 aromatic carbocycles. The second-order valence-electron chi connectivity index (χ2n) is 2.67. The van der Waals surface area contributed by atoms with Crippen molar-refractivity contribution in [2.24, 2.45) is 5.73 Å². The Labute approximate surface area is 53.9 Å². The molecule has 0 saturated heterocycles. The third-order valence-corrected chi connectivity index (χ3v) is 1.92. The van der Waals surface area contributed by atoms with E-state index in [2.05, 4.69) is 0 Å². The minimum atomic E-state index is -0.889. The van der Waals surface area contributed by atoms with Crippen LogP contribution in [-0.2, 0) is 4.79 Å². The van der Waals surface area contributed by atoms with Crippen LogP contribution in [0.2, 0.25) is 0 Å². The van der Waals surface area contributed by atoms with Gasteiger partial charge in [0.25, 0.3) is 0 Å². The van der Waals surface area contributed by atoms with Crippen molar-refractivity contribution >= 4 is 5.97 Å². The summed E-state index contributed by atoms with van der Waals surface area (Å²) in [4.78, 5) is 10.4. The molecule has 0 aromatic heterocycles. The highest BCUT2D eigenvalue weighted by molar-refractivity contribution is 5.78. The lowest BCUT2D eigenvalue weighted by atomic mass is 9.76. The topological polar surface area (TPSA) is 63.3 Å². The van der Waals surface area contributed by atoms with Gasteiger partial charge >= 0.3 is 5.97 Å². The van der Waals surface area contributed by atoms with Crippen molar-refractivity contribution in [3.05, 3.63) is 0 Å². The van der Waals surface area contributed by atoms with E-state index < -0.39 is 11.5 Å². The maximum Gasteiger partial charge on any atom is 0.323 e. The zero-order valence-electron chi connectivity index (χ0n) is 5.26. The summed E-state index contributed by atoms with van der Waals surface area (Å²) in [5.41, 5.74) is 4.61. The number of hydrogen-bond acceptors (Lipinski definition) is 2. The van der Waals surface area contributed by atoms with Gasteiger partial charge < -0.3 is 10.8 Å². The largest absolute Gasteiger partial charge is 0.480 e. The van der Waals surface area contributed by atoms with E-state index in [4.69, 9.17) is 10.8 Å². The van der Waals surface area contributed by atoms with E-state index in [0.717, 1.165) is 12.8 Å². The van der Waals surface area contributed by atoms with Crippen LogP contribution < -0.4 is 5.73 Å². The van der Waals surface area contributed by atoms with Crippen molar-refractivity contribution in [2.45, 2.75) is 31.2 Å². The molecule has 3 N–H and O–H groups in total. The fourth-order valence-electron chi connectivity index (χ4n) is 1.22. The molecule has 0 aromatic rings. The number of aliphatic carboxylic acids is 1. The molecule has 0 bridgehead atoms. The van der Waals surface area contributed by atoms with E-state index in [-0.39, 0.29) is 0 Å². The van der Waals surface area contributed by atoms with Crippen LogP contribution in [0.4, 0.5) is 0 Å². The summed E-state index contributed by atoms with van der Waals surface area (Å²) in [6.45, 7) is 0. The van der Waals surface area contributed by atoms with E-state index in [9.17, 15) is 4.79 Å². The lowest BCUT2D eigenvalue weighted by Crippen LogP contribution is -2.44. The SMILES string of the molecule is NC1([11C](=O)O)CCCC1. The number of carboxylic acids is 1. The van der Waals surface area contributed by atoms with Gasteiger partial charge in [-0.05, 0) is 12.8 Å². The summed E-state index contributed by atoms with van der Waals surface area (Å²) >= 11 is 0. The second kappa shape index (κ2) is 1.99. The predicted molar refractivity (Wildman–Crippen MR) is 33.0 cm³/mol. The highest BCUT2D eigenvalue weighted by Crippen LogP contribution is 2.26. The summed E-state index contributed by atoms with van der Waals surface area (Å²) in [6, 6.07) is 0.